The van der Waals surface area contributed by atoms with E-state index in [0.29, 0.717) is 24.3 Å². The number of aromatic carboxylic acids is 1. The number of piperazine rings is 1. The van der Waals surface area contributed by atoms with Crippen molar-refractivity contribution in [2.75, 3.05) is 24.5 Å². The van der Waals surface area contributed by atoms with Gasteiger partial charge < -0.3 is 19.9 Å². The summed E-state index contributed by atoms with van der Waals surface area (Å²) in [6.07, 6.45) is 3.29. The van der Waals surface area contributed by atoms with Gasteiger partial charge in [-0.25, -0.2) is 9.18 Å². The van der Waals surface area contributed by atoms with Crippen LogP contribution in [0.5, 0.6) is 0 Å². The van der Waals surface area contributed by atoms with Crippen molar-refractivity contribution in [1.29, 1.82) is 0 Å². The zero-order valence-electron chi connectivity index (χ0n) is 14.0. The highest BCUT2D eigenvalue weighted by Crippen LogP contribution is 2.38. The number of nitrogens with zero attached hydrogens (tertiary/aromatic N) is 2. The Labute approximate surface area is 143 Å². The van der Waals surface area contributed by atoms with Crippen LogP contribution in [0, 0.1) is 5.82 Å². The summed E-state index contributed by atoms with van der Waals surface area (Å²) in [6, 6.07) is 3.34. The van der Waals surface area contributed by atoms with Gasteiger partial charge in [-0.3, -0.25) is 4.79 Å². The normalized spacial score (nSPS) is 20.9. The lowest BCUT2D eigenvalue weighted by molar-refractivity contribution is 0.0695. The van der Waals surface area contributed by atoms with E-state index in [-0.39, 0.29) is 23.0 Å². The molecule has 2 heterocycles. The number of pyridine rings is 1. The van der Waals surface area contributed by atoms with Gasteiger partial charge in [0.25, 0.3) is 0 Å². The monoisotopic (exact) mass is 345 g/mol. The Hall–Kier alpha value is -2.41. The molecule has 6 nitrogen and oxygen atoms in total. The summed E-state index contributed by atoms with van der Waals surface area (Å²) in [6.45, 7) is 4.19. The first-order valence-electron chi connectivity index (χ1n) is 8.55. The maximum absolute atomic E-state index is 14.7. The first kappa shape index (κ1) is 16.1. The fourth-order valence-electron chi connectivity index (χ4n) is 3.56. The molecular weight excluding hydrogens is 325 g/mol. The molecule has 0 amide bonds. The van der Waals surface area contributed by atoms with Gasteiger partial charge in [-0.05, 0) is 31.9 Å². The molecule has 7 heteroatoms. The molecule has 0 radical (unpaired) electrons. The second-order valence-electron chi connectivity index (χ2n) is 6.94. The lowest BCUT2D eigenvalue weighted by atomic mass is 10.1. The van der Waals surface area contributed by atoms with Crippen LogP contribution >= 0.6 is 0 Å². The molecule has 2 aromatic rings. The molecule has 1 atom stereocenters. The van der Waals surface area contributed by atoms with Gasteiger partial charge in [0.1, 0.15) is 11.4 Å². The Bertz CT molecular complexity index is 920. The number of anilines is 1. The summed E-state index contributed by atoms with van der Waals surface area (Å²) in [5.74, 6) is -1.76. The number of carboxylic acids is 1. The first-order chi connectivity index (χ1) is 12.0. The van der Waals surface area contributed by atoms with Gasteiger partial charge >= 0.3 is 5.97 Å². The largest absolute Gasteiger partial charge is 0.477 e. The summed E-state index contributed by atoms with van der Waals surface area (Å²) in [7, 11) is 0. The van der Waals surface area contributed by atoms with E-state index in [1.54, 1.807) is 6.07 Å². The number of aromatic nitrogens is 1. The summed E-state index contributed by atoms with van der Waals surface area (Å²) >= 11 is 0. The van der Waals surface area contributed by atoms with E-state index in [4.69, 9.17) is 0 Å². The zero-order chi connectivity index (χ0) is 17.7. The Kier molecular flexibility index (Phi) is 3.76. The SMILES string of the molecule is C[C@@H]1CN(c2cc3c(cc2F)c(=O)c(C(=O)O)cn3C2CC2)CCN1. The number of rotatable bonds is 3. The standard InChI is InChI=1S/C18H20FN3O3/c1-10-8-21(5-4-20-10)16-7-15-12(6-14(16)19)17(23)13(18(24)25)9-22(15)11-2-3-11/h6-7,9-11,20H,2-5,8H2,1H3,(H,24,25)/t10-/m1/s1. The molecule has 2 fully saturated rings. The maximum Gasteiger partial charge on any atom is 0.341 e. The highest BCUT2D eigenvalue weighted by atomic mass is 19.1. The van der Waals surface area contributed by atoms with Crippen LogP contribution in [-0.2, 0) is 0 Å². The van der Waals surface area contributed by atoms with Crippen molar-refractivity contribution in [2.45, 2.75) is 31.8 Å². The lowest BCUT2D eigenvalue weighted by Crippen LogP contribution is -2.49. The van der Waals surface area contributed by atoms with Crippen LogP contribution in [0.15, 0.2) is 23.1 Å². The molecule has 132 valence electrons. The number of hydrogen-bond acceptors (Lipinski definition) is 4. The van der Waals surface area contributed by atoms with E-state index in [9.17, 15) is 19.1 Å². The van der Waals surface area contributed by atoms with Crippen LogP contribution in [0.2, 0.25) is 0 Å². The number of carboxylic acid groups (broad SMARTS) is 1. The smallest absolute Gasteiger partial charge is 0.341 e. The van der Waals surface area contributed by atoms with Crippen molar-refractivity contribution in [3.63, 3.8) is 0 Å². The molecular formula is C18H20FN3O3. The van der Waals surface area contributed by atoms with Crippen molar-refractivity contribution < 1.29 is 14.3 Å². The number of fused-ring (bicyclic) bond motifs is 1. The van der Waals surface area contributed by atoms with Gasteiger partial charge in [0.2, 0.25) is 5.43 Å². The second-order valence-corrected chi connectivity index (χ2v) is 6.94. The Morgan fingerprint density at radius 1 is 1.36 bits per heavy atom. The summed E-state index contributed by atoms with van der Waals surface area (Å²) < 4.78 is 16.6. The second kappa shape index (κ2) is 5.84. The van der Waals surface area contributed by atoms with E-state index in [1.165, 1.54) is 12.3 Å². The molecule has 2 N–H and O–H groups in total. The lowest BCUT2D eigenvalue weighted by Gasteiger charge is -2.34. The summed E-state index contributed by atoms with van der Waals surface area (Å²) in [4.78, 5) is 25.8. The predicted molar refractivity (Wildman–Crippen MR) is 93.1 cm³/mol. The third-order valence-electron chi connectivity index (χ3n) is 4.98. The predicted octanol–water partition coefficient (Wildman–Crippen LogP) is 1.97. The van der Waals surface area contributed by atoms with E-state index in [1.807, 2.05) is 16.4 Å². The van der Waals surface area contributed by atoms with Gasteiger partial charge in [0.05, 0.1) is 11.2 Å². The van der Waals surface area contributed by atoms with E-state index >= 15 is 0 Å². The van der Waals surface area contributed by atoms with Crippen LogP contribution in [0.3, 0.4) is 0 Å². The molecule has 0 spiro atoms. The van der Waals surface area contributed by atoms with Gasteiger partial charge in [-0.1, -0.05) is 0 Å². The molecule has 1 aliphatic carbocycles. The van der Waals surface area contributed by atoms with Crippen molar-refractivity contribution in [3.8, 4) is 0 Å². The molecule has 1 aromatic carbocycles. The van der Waals surface area contributed by atoms with Gasteiger partial charge in [-0.2, -0.15) is 0 Å². The average Bonchev–Trinajstić information content (AvgIpc) is 3.39. The Balaban J connectivity index is 1.92. The molecule has 1 aliphatic heterocycles. The average molecular weight is 345 g/mol. The highest BCUT2D eigenvalue weighted by molar-refractivity contribution is 5.93. The van der Waals surface area contributed by atoms with E-state index in [2.05, 4.69) is 5.32 Å². The molecule has 1 saturated carbocycles. The molecule has 1 aromatic heterocycles. The molecule has 25 heavy (non-hydrogen) atoms. The van der Waals surface area contributed by atoms with Crippen molar-refractivity contribution >= 4 is 22.6 Å². The Morgan fingerprint density at radius 3 is 2.76 bits per heavy atom. The van der Waals surface area contributed by atoms with Crippen LogP contribution in [0.1, 0.15) is 36.2 Å². The number of halogens is 1. The molecule has 2 aliphatic rings. The zero-order valence-corrected chi connectivity index (χ0v) is 14.0. The molecule has 0 unspecified atom stereocenters. The number of carbonyl (C=O) groups is 1. The van der Waals surface area contributed by atoms with Crippen LogP contribution in [-0.4, -0.2) is 41.3 Å². The van der Waals surface area contributed by atoms with Crippen molar-refractivity contribution in [2.24, 2.45) is 0 Å². The third-order valence-corrected chi connectivity index (χ3v) is 4.98. The number of nitrogens with one attached hydrogen (secondary N) is 1. The third kappa shape index (κ3) is 2.78. The van der Waals surface area contributed by atoms with Crippen LogP contribution in [0.25, 0.3) is 10.9 Å². The molecule has 0 bridgehead atoms. The quantitative estimate of drug-likeness (QED) is 0.890. The summed E-state index contributed by atoms with van der Waals surface area (Å²) in [5, 5.41) is 12.7. The van der Waals surface area contributed by atoms with E-state index < -0.39 is 17.2 Å². The van der Waals surface area contributed by atoms with Gasteiger partial charge in [0, 0.05) is 43.3 Å². The number of hydrogen-bond donors (Lipinski definition) is 2. The Morgan fingerprint density at radius 2 is 2.12 bits per heavy atom. The highest BCUT2D eigenvalue weighted by Gasteiger charge is 2.28. The molecule has 4 rings (SSSR count). The minimum absolute atomic E-state index is 0.135. The maximum atomic E-state index is 14.7. The minimum Gasteiger partial charge on any atom is -0.477 e. The minimum atomic E-state index is -1.28. The molecule has 1 saturated heterocycles. The van der Waals surface area contributed by atoms with Crippen molar-refractivity contribution in [3.05, 3.63) is 39.9 Å². The fraction of sp³-hybridized carbons (Fsp3) is 0.444. The van der Waals surface area contributed by atoms with Crippen molar-refractivity contribution in [1.82, 2.24) is 9.88 Å². The van der Waals surface area contributed by atoms with E-state index in [0.717, 1.165) is 19.4 Å². The summed E-state index contributed by atoms with van der Waals surface area (Å²) in [5.41, 5.74) is 0.152. The van der Waals surface area contributed by atoms with Crippen LogP contribution < -0.4 is 15.6 Å². The first-order valence-corrected chi connectivity index (χ1v) is 8.55. The topological polar surface area (TPSA) is 74.6 Å². The fourth-order valence-corrected chi connectivity index (χ4v) is 3.56. The number of benzene rings is 1. The van der Waals surface area contributed by atoms with Crippen LogP contribution in [0.4, 0.5) is 10.1 Å². The van der Waals surface area contributed by atoms with Gasteiger partial charge in [0.15, 0.2) is 0 Å². The van der Waals surface area contributed by atoms with Gasteiger partial charge in [-0.15, -0.1) is 0 Å².